The highest BCUT2D eigenvalue weighted by atomic mass is 16.3. The van der Waals surface area contributed by atoms with Crippen LogP contribution in [0, 0.1) is 6.92 Å². The van der Waals surface area contributed by atoms with Gasteiger partial charge in [-0.05, 0) is 25.5 Å². The smallest absolute Gasteiger partial charge is 0.325 e. The van der Waals surface area contributed by atoms with Gasteiger partial charge in [-0.2, -0.15) is 0 Å². The van der Waals surface area contributed by atoms with E-state index in [1.807, 2.05) is 0 Å². The summed E-state index contributed by atoms with van der Waals surface area (Å²) in [7, 11) is 0. The summed E-state index contributed by atoms with van der Waals surface area (Å²) in [5, 5.41) is 11.9. The third-order valence-electron chi connectivity index (χ3n) is 2.90. The fraction of sp³-hybridized carbons (Fsp3) is 0.231. The molecule has 2 heterocycles. The molecule has 0 aliphatic carbocycles. The number of carbonyl (C=O) groups is 1. The average molecular weight is 290 g/mol. The Kier molecular flexibility index (Phi) is 4.17. The zero-order valence-corrected chi connectivity index (χ0v) is 11.3. The highest BCUT2D eigenvalue weighted by Gasteiger charge is 2.11. The van der Waals surface area contributed by atoms with Crippen LogP contribution in [0.4, 0.5) is 5.82 Å². The molecule has 8 nitrogen and oxygen atoms in total. The fourth-order valence-corrected chi connectivity index (χ4v) is 1.85. The van der Waals surface area contributed by atoms with Crippen LogP contribution in [-0.2, 0) is 11.2 Å². The molecule has 0 fully saturated rings. The van der Waals surface area contributed by atoms with E-state index in [1.165, 1.54) is 18.3 Å². The van der Waals surface area contributed by atoms with Crippen LogP contribution in [0.3, 0.4) is 0 Å². The second-order valence-corrected chi connectivity index (χ2v) is 4.43. The van der Waals surface area contributed by atoms with Crippen molar-refractivity contribution in [3.05, 3.63) is 50.4 Å². The highest BCUT2D eigenvalue weighted by Crippen LogP contribution is 2.18. The largest absolute Gasteiger partial charge is 0.504 e. The lowest BCUT2D eigenvalue weighted by atomic mass is 10.1. The van der Waals surface area contributed by atoms with Crippen molar-refractivity contribution in [1.82, 2.24) is 15.0 Å². The van der Waals surface area contributed by atoms with Gasteiger partial charge in [-0.1, -0.05) is 0 Å². The van der Waals surface area contributed by atoms with Crippen molar-refractivity contribution >= 4 is 11.7 Å². The molecule has 4 N–H and O–H groups in total. The Hall–Kier alpha value is -2.90. The van der Waals surface area contributed by atoms with Crippen molar-refractivity contribution in [1.29, 1.82) is 0 Å². The third-order valence-corrected chi connectivity index (χ3v) is 2.90. The molecule has 0 atom stereocenters. The topological polar surface area (TPSA) is 128 Å². The standard InChI is InChI=1S/C13H14N4O4/c1-7-8(12(20)17-13(21)15-7)4-5-10(19)16-11-9(18)3-2-6-14-11/h2-3,6,18H,4-5H2,1H3,(H,14,16,19)(H2,15,17,20,21). The van der Waals surface area contributed by atoms with Gasteiger partial charge in [0.25, 0.3) is 5.56 Å². The van der Waals surface area contributed by atoms with Gasteiger partial charge in [0, 0.05) is 23.9 Å². The van der Waals surface area contributed by atoms with Gasteiger partial charge in [0.15, 0.2) is 11.6 Å². The van der Waals surface area contributed by atoms with E-state index in [1.54, 1.807) is 6.92 Å². The van der Waals surface area contributed by atoms with Gasteiger partial charge in [-0.25, -0.2) is 9.78 Å². The van der Waals surface area contributed by atoms with Crippen molar-refractivity contribution in [2.24, 2.45) is 0 Å². The molecule has 0 aliphatic heterocycles. The molecule has 0 bridgehead atoms. The molecule has 0 aromatic carbocycles. The number of carbonyl (C=O) groups excluding carboxylic acids is 1. The molecule has 0 aliphatic rings. The summed E-state index contributed by atoms with van der Waals surface area (Å²) in [5.74, 6) is -0.465. The number of rotatable bonds is 4. The van der Waals surface area contributed by atoms with E-state index in [2.05, 4.69) is 20.3 Å². The number of hydrogen-bond acceptors (Lipinski definition) is 5. The highest BCUT2D eigenvalue weighted by molar-refractivity contribution is 5.91. The summed E-state index contributed by atoms with van der Waals surface area (Å²) < 4.78 is 0. The van der Waals surface area contributed by atoms with Gasteiger partial charge in [-0.15, -0.1) is 0 Å². The zero-order valence-electron chi connectivity index (χ0n) is 11.3. The molecule has 110 valence electrons. The van der Waals surface area contributed by atoms with Crippen LogP contribution in [0.1, 0.15) is 17.7 Å². The molecule has 1 amide bonds. The van der Waals surface area contributed by atoms with Crippen LogP contribution in [0.15, 0.2) is 27.9 Å². The summed E-state index contributed by atoms with van der Waals surface area (Å²) in [6.07, 6.45) is 1.62. The first kappa shape index (κ1) is 14.5. The number of amides is 1. The van der Waals surface area contributed by atoms with E-state index in [0.29, 0.717) is 11.3 Å². The lowest BCUT2D eigenvalue weighted by Gasteiger charge is -2.06. The minimum atomic E-state index is -0.580. The van der Waals surface area contributed by atoms with Crippen molar-refractivity contribution in [3.63, 3.8) is 0 Å². The number of pyridine rings is 1. The number of anilines is 1. The first-order valence-corrected chi connectivity index (χ1v) is 6.23. The number of aryl methyl sites for hydroxylation is 1. The van der Waals surface area contributed by atoms with Gasteiger partial charge >= 0.3 is 5.69 Å². The predicted molar refractivity (Wildman–Crippen MR) is 75.3 cm³/mol. The van der Waals surface area contributed by atoms with Gasteiger partial charge in [0.1, 0.15) is 0 Å². The average Bonchev–Trinajstić information content (AvgIpc) is 2.40. The molecular weight excluding hydrogens is 276 g/mol. The van der Waals surface area contributed by atoms with Crippen molar-refractivity contribution in [2.75, 3.05) is 5.32 Å². The summed E-state index contributed by atoms with van der Waals surface area (Å²) in [4.78, 5) is 42.9. The summed E-state index contributed by atoms with van der Waals surface area (Å²) in [6, 6.07) is 2.94. The molecule has 21 heavy (non-hydrogen) atoms. The number of aromatic nitrogens is 3. The van der Waals surface area contributed by atoms with E-state index in [4.69, 9.17) is 0 Å². The van der Waals surface area contributed by atoms with Crippen molar-refractivity contribution in [2.45, 2.75) is 19.8 Å². The Morgan fingerprint density at radius 1 is 1.38 bits per heavy atom. The second-order valence-electron chi connectivity index (χ2n) is 4.43. The SMILES string of the molecule is Cc1[nH]c(=O)[nH]c(=O)c1CCC(=O)Nc1ncccc1O. The minimum absolute atomic E-state index is 0.0198. The summed E-state index contributed by atoms with van der Waals surface area (Å²) in [5.41, 5.74) is -0.318. The number of nitrogens with zero attached hydrogens (tertiary/aromatic N) is 1. The molecule has 2 rings (SSSR count). The van der Waals surface area contributed by atoms with E-state index in [9.17, 15) is 19.5 Å². The van der Waals surface area contributed by atoms with Gasteiger partial charge in [0.05, 0.1) is 0 Å². The van der Waals surface area contributed by atoms with Crippen molar-refractivity contribution < 1.29 is 9.90 Å². The fourth-order valence-electron chi connectivity index (χ4n) is 1.85. The molecule has 0 radical (unpaired) electrons. The Bertz CT molecular complexity index is 778. The van der Waals surface area contributed by atoms with E-state index in [-0.39, 0.29) is 24.4 Å². The number of aromatic hydroxyl groups is 1. The van der Waals surface area contributed by atoms with Crippen LogP contribution in [-0.4, -0.2) is 26.0 Å². The quantitative estimate of drug-likeness (QED) is 0.632. The Morgan fingerprint density at radius 3 is 2.81 bits per heavy atom. The lowest BCUT2D eigenvalue weighted by molar-refractivity contribution is -0.116. The molecule has 0 unspecified atom stereocenters. The maximum Gasteiger partial charge on any atom is 0.325 e. The molecular formula is C13H14N4O4. The predicted octanol–water partition coefficient (Wildman–Crippen LogP) is 0.0435. The van der Waals surface area contributed by atoms with Crippen LogP contribution < -0.4 is 16.6 Å². The zero-order chi connectivity index (χ0) is 15.4. The molecule has 0 saturated carbocycles. The van der Waals surface area contributed by atoms with Crippen molar-refractivity contribution in [3.8, 4) is 5.75 Å². The van der Waals surface area contributed by atoms with Crippen LogP contribution in [0.5, 0.6) is 5.75 Å². The monoisotopic (exact) mass is 290 g/mol. The number of aromatic amines is 2. The maximum absolute atomic E-state index is 11.8. The summed E-state index contributed by atoms with van der Waals surface area (Å²) in [6.45, 7) is 1.59. The van der Waals surface area contributed by atoms with E-state index in [0.717, 1.165) is 0 Å². The molecule has 8 heteroatoms. The minimum Gasteiger partial charge on any atom is -0.504 e. The van der Waals surface area contributed by atoms with Gasteiger partial charge < -0.3 is 15.4 Å². The number of hydrogen-bond donors (Lipinski definition) is 4. The van der Waals surface area contributed by atoms with Crippen LogP contribution in [0.25, 0.3) is 0 Å². The number of H-pyrrole nitrogens is 2. The van der Waals surface area contributed by atoms with Gasteiger partial charge in [-0.3, -0.25) is 14.6 Å². The second kappa shape index (κ2) is 6.04. The summed E-state index contributed by atoms with van der Waals surface area (Å²) >= 11 is 0. The maximum atomic E-state index is 11.8. The third kappa shape index (κ3) is 3.56. The molecule has 2 aromatic heterocycles. The van der Waals surface area contributed by atoms with E-state index >= 15 is 0 Å². The Labute approximate surface area is 118 Å². The molecule has 2 aromatic rings. The Balaban J connectivity index is 2.04. The Morgan fingerprint density at radius 2 is 2.14 bits per heavy atom. The van der Waals surface area contributed by atoms with Gasteiger partial charge in [0.2, 0.25) is 5.91 Å². The number of nitrogens with one attached hydrogen (secondary N) is 3. The normalized spacial score (nSPS) is 10.3. The lowest BCUT2D eigenvalue weighted by Crippen LogP contribution is -2.27. The first-order chi connectivity index (χ1) is 9.97. The van der Waals surface area contributed by atoms with Crippen LogP contribution in [0.2, 0.25) is 0 Å². The molecule has 0 spiro atoms. The first-order valence-electron chi connectivity index (χ1n) is 6.23. The van der Waals surface area contributed by atoms with Crippen LogP contribution >= 0.6 is 0 Å². The van der Waals surface area contributed by atoms with E-state index < -0.39 is 17.2 Å². The molecule has 0 saturated heterocycles.